The fourth-order valence-corrected chi connectivity index (χ4v) is 2.12. The fraction of sp³-hybridized carbons (Fsp3) is 0.417. The molecule has 0 aliphatic carbocycles. The van der Waals surface area contributed by atoms with Crippen LogP contribution < -0.4 is 16.0 Å². The summed E-state index contributed by atoms with van der Waals surface area (Å²) in [6.45, 7) is 1.78. The minimum atomic E-state index is -0.685. The zero-order valence-corrected chi connectivity index (χ0v) is 9.58. The molecule has 1 aliphatic rings. The molecule has 3 N–H and O–H groups in total. The maximum atomic E-state index is 13.9. The lowest BCUT2D eigenvalue weighted by Crippen LogP contribution is -2.30. The van der Waals surface area contributed by atoms with E-state index in [9.17, 15) is 9.18 Å². The summed E-state index contributed by atoms with van der Waals surface area (Å²) in [7, 11) is 0. The first-order valence-corrected chi connectivity index (χ1v) is 5.78. The number of amides is 2. The Balaban J connectivity index is 2.15. The highest BCUT2D eigenvalue weighted by atomic mass is 19.1. The number of hydrogen-bond acceptors (Lipinski definition) is 2. The quantitative estimate of drug-likeness (QED) is 0.829. The molecule has 0 saturated carbocycles. The van der Waals surface area contributed by atoms with Gasteiger partial charge in [0.05, 0.1) is 5.69 Å². The molecule has 1 saturated heterocycles. The Morgan fingerprint density at radius 3 is 2.59 bits per heavy atom. The van der Waals surface area contributed by atoms with E-state index in [-0.39, 0.29) is 5.82 Å². The number of benzene rings is 1. The van der Waals surface area contributed by atoms with E-state index in [2.05, 4.69) is 5.32 Å². The molecule has 2 amide bonds. The number of nitrogens with one attached hydrogen (secondary N) is 1. The monoisotopic (exact) mass is 237 g/mol. The van der Waals surface area contributed by atoms with Crippen molar-refractivity contribution in [3.05, 3.63) is 24.0 Å². The summed E-state index contributed by atoms with van der Waals surface area (Å²) in [6, 6.07) is 3.97. The first-order valence-electron chi connectivity index (χ1n) is 5.78. The van der Waals surface area contributed by atoms with Gasteiger partial charge in [0.1, 0.15) is 5.82 Å². The summed E-state index contributed by atoms with van der Waals surface area (Å²) in [5.41, 5.74) is 5.95. The predicted octanol–water partition coefficient (Wildman–Crippen LogP) is 2.31. The maximum Gasteiger partial charge on any atom is 0.316 e. The highest BCUT2D eigenvalue weighted by Gasteiger charge is 2.15. The van der Waals surface area contributed by atoms with Gasteiger partial charge in [0.25, 0.3) is 0 Å². The van der Waals surface area contributed by atoms with Crippen molar-refractivity contribution in [2.45, 2.75) is 19.3 Å². The Kier molecular flexibility index (Phi) is 3.46. The number of carbonyl (C=O) groups is 1. The number of rotatable bonds is 2. The van der Waals surface area contributed by atoms with Crippen LogP contribution in [0.5, 0.6) is 0 Å². The molecule has 17 heavy (non-hydrogen) atoms. The van der Waals surface area contributed by atoms with Gasteiger partial charge in [0.2, 0.25) is 0 Å². The van der Waals surface area contributed by atoms with Crippen LogP contribution in [0, 0.1) is 5.82 Å². The van der Waals surface area contributed by atoms with Gasteiger partial charge >= 0.3 is 6.03 Å². The standard InChI is InChI=1S/C12H16FN3O/c13-10-8-9(15-12(14)17)4-5-11(10)16-6-2-1-3-7-16/h4-5,8H,1-3,6-7H2,(H3,14,15,17). The zero-order valence-electron chi connectivity index (χ0n) is 9.58. The van der Waals surface area contributed by atoms with Crippen LogP contribution in [0.15, 0.2) is 18.2 Å². The summed E-state index contributed by atoms with van der Waals surface area (Å²) >= 11 is 0. The molecule has 1 aliphatic heterocycles. The molecule has 1 aromatic rings. The number of urea groups is 1. The molecular weight excluding hydrogens is 221 g/mol. The van der Waals surface area contributed by atoms with Crippen LogP contribution >= 0.6 is 0 Å². The Bertz CT molecular complexity index is 416. The Morgan fingerprint density at radius 1 is 1.29 bits per heavy atom. The second-order valence-corrected chi connectivity index (χ2v) is 4.20. The molecule has 5 heteroatoms. The smallest absolute Gasteiger partial charge is 0.316 e. The lowest BCUT2D eigenvalue weighted by atomic mass is 10.1. The first kappa shape index (κ1) is 11.7. The highest BCUT2D eigenvalue weighted by molar-refractivity contribution is 5.88. The van der Waals surface area contributed by atoms with Crippen molar-refractivity contribution in [1.29, 1.82) is 0 Å². The Labute approximate surface area is 99.6 Å². The van der Waals surface area contributed by atoms with E-state index >= 15 is 0 Å². The highest BCUT2D eigenvalue weighted by Crippen LogP contribution is 2.25. The van der Waals surface area contributed by atoms with Crippen molar-refractivity contribution in [3.8, 4) is 0 Å². The number of nitrogens with zero attached hydrogens (tertiary/aromatic N) is 1. The molecule has 1 fully saturated rings. The van der Waals surface area contributed by atoms with Crippen LogP contribution in [0.2, 0.25) is 0 Å². The molecule has 0 aromatic heterocycles. The van der Waals surface area contributed by atoms with Gasteiger partial charge in [-0.1, -0.05) is 0 Å². The van der Waals surface area contributed by atoms with Crippen LogP contribution in [-0.4, -0.2) is 19.1 Å². The van der Waals surface area contributed by atoms with Gasteiger partial charge < -0.3 is 16.0 Å². The molecule has 92 valence electrons. The summed E-state index contributed by atoms with van der Waals surface area (Å²) in [5, 5.41) is 2.36. The van der Waals surface area contributed by atoms with E-state index in [1.165, 1.54) is 12.5 Å². The number of piperidine rings is 1. The minimum Gasteiger partial charge on any atom is -0.369 e. The average Bonchev–Trinajstić information content (AvgIpc) is 2.29. The second-order valence-electron chi connectivity index (χ2n) is 4.20. The zero-order chi connectivity index (χ0) is 12.3. The number of anilines is 2. The molecule has 1 aromatic carbocycles. The summed E-state index contributed by atoms with van der Waals surface area (Å²) in [6.07, 6.45) is 3.40. The summed E-state index contributed by atoms with van der Waals surface area (Å²) in [4.78, 5) is 12.7. The lowest BCUT2D eigenvalue weighted by Gasteiger charge is -2.29. The van der Waals surface area contributed by atoms with Crippen molar-refractivity contribution in [3.63, 3.8) is 0 Å². The van der Waals surface area contributed by atoms with E-state index < -0.39 is 6.03 Å². The minimum absolute atomic E-state index is 0.321. The molecule has 4 nitrogen and oxygen atoms in total. The summed E-state index contributed by atoms with van der Waals surface area (Å²) in [5.74, 6) is -0.321. The predicted molar refractivity (Wildman–Crippen MR) is 65.7 cm³/mol. The van der Waals surface area contributed by atoms with Crippen molar-refractivity contribution < 1.29 is 9.18 Å². The number of nitrogens with two attached hydrogens (primary N) is 1. The van der Waals surface area contributed by atoms with Gasteiger partial charge in [-0.05, 0) is 37.5 Å². The van der Waals surface area contributed by atoms with Gasteiger partial charge in [0, 0.05) is 18.8 Å². The fourth-order valence-electron chi connectivity index (χ4n) is 2.12. The molecule has 0 spiro atoms. The van der Waals surface area contributed by atoms with Gasteiger partial charge in [-0.3, -0.25) is 0 Å². The van der Waals surface area contributed by atoms with E-state index in [1.807, 2.05) is 4.90 Å². The van der Waals surface area contributed by atoms with E-state index in [1.54, 1.807) is 12.1 Å². The SMILES string of the molecule is NC(=O)Nc1ccc(N2CCCCC2)c(F)c1. The average molecular weight is 237 g/mol. The second kappa shape index (κ2) is 5.03. The molecule has 1 heterocycles. The van der Waals surface area contributed by atoms with E-state index in [0.29, 0.717) is 11.4 Å². The van der Waals surface area contributed by atoms with E-state index in [0.717, 1.165) is 25.9 Å². The molecule has 0 atom stereocenters. The van der Waals surface area contributed by atoms with Gasteiger partial charge in [-0.15, -0.1) is 0 Å². The topological polar surface area (TPSA) is 58.4 Å². The third kappa shape index (κ3) is 2.87. The maximum absolute atomic E-state index is 13.9. The lowest BCUT2D eigenvalue weighted by molar-refractivity contribution is 0.259. The number of hydrogen-bond donors (Lipinski definition) is 2. The van der Waals surface area contributed by atoms with Crippen LogP contribution in [0.1, 0.15) is 19.3 Å². The summed E-state index contributed by atoms with van der Waals surface area (Å²) < 4.78 is 13.9. The van der Waals surface area contributed by atoms with Crippen molar-refractivity contribution >= 4 is 17.4 Å². The molecule has 2 rings (SSSR count). The largest absolute Gasteiger partial charge is 0.369 e. The number of halogens is 1. The number of primary amides is 1. The third-order valence-corrected chi connectivity index (χ3v) is 2.91. The van der Waals surface area contributed by atoms with Gasteiger partial charge in [-0.25, -0.2) is 9.18 Å². The first-order chi connectivity index (χ1) is 8.16. The molecule has 0 unspecified atom stereocenters. The van der Waals surface area contributed by atoms with Crippen molar-refractivity contribution in [1.82, 2.24) is 0 Å². The van der Waals surface area contributed by atoms with E-state index in [4.69, 9.17) is 5.73 Å². The van der Waals surface area contributed by atoms with Crippen LogP contribution in [0.3, 0.4) is 0 Å². The Hall–Kier alpha value is -1.78. The Morgan fingerprint density at radius 2 is 2.00 bits per heavy atom. The molecule has 0 bridgehead atoms. The van der Waals surface area contributed by atoms with Gasteiger partial charge in [0.15, 0.2) is 0 Å². The van der Waals surface area contributed by atoms with Crippen LogP contribution in [-0.2, 0) is 0 Å². The number of carbonyl (C=O) groups excluding carboxylic acids is 1. The third-order valence-electron chi connectivity index (χ3n) is 2.91. The van der Waals surface area contributed by atoms with Crippen molar-refractivity contribution in [2.75, 3.05) is 23.3 Å². The molecular formula is C12H16FN3O. The molecule has 0 radical (unpaired) electrons. The van der Waals surface area contributed by atoms with Crippen molar-refractivity contribution in [2.24, 2.45) is 5.73 Å². The van der Waals surface area contributed by atoms with Crippen LogP contribution in [0.4, 0.5) is 20.6 Å². The normalized spacial score (nSPS) is 15.7. The van der Waals surface area contributed by atoms with Crippen LogP contribution in [0.25, 0.3) is 0 Å². The van der Waals surface area contributed by atoms with Gasteiger partial charge in [-0.2, -0.15) is 0 Å².